The fourth-order valence-electron chi connectivity index (χ4n) is 0.815. The van der Waals surface area contributed by atoms with Crippen molar-refractivity contribution < 1.29 is 24.0 Å². The zero-order valence-electron chi connectivity index (χ0n) is 7.51. The van der Waals surface area contributed by atoms with Crippen LogP contribution in [-0.4, -0.2) is 30.2 Å². The number of hydrogen-bond acceptors (Lipinski definition) is 5. The van der Waals surface area contributed by atoms with Crippen molar-refractivity contribution in [2.45, 2.75) is 0 Å². The second-order valence-corrected chi connectivity index (χ2v) is 2.47. The second-order valence-electron chi connectivity index (χ2n) is 2.47. The molecule has 0 spiro atoms. The molecular formula is C8H9BO5. The van der Waals surface area contributed by atoms with E-state index in [1.807, 2.05) is 0 Å². The molecule has 1 rings (SSSR count). The maximum atomic E-state index is 10.7. The van der Waals surface area contributed by atoms with E-state index in [2.05, 4.69) is 4.74 Å². The molecule has 0 fully saturated rings. The van der Waals surface area contributed by atoms with Crippen molar-refractivity contribution in [1.29, 1.82) is 0 Å². The van der Waals surface area contributed by atoms with E-state index in [-0.39, 0.29) is 5.66 Å². The van der Waals surface area contributed by atoms with Gasteiger partial charge in [0.15, 0.2) is 0 Å². The van der Waals surface area contributed by atoms with Crippen LogP contribution in [0.5, 0.6) is 0 Å². The minimum absolute atomic E-state index is 0.0227. The van der Waals surface area contributed by atoms with Crippen LogP contribution in [0.1, 0.15) is 5.76 Å². The molecule has 0 aliphatic rings. The summed E-state index contributed by atoms with van der Waals surface area (Å²) in [5.41, 5.74) is 0.0227. The maximum absolute atomic E-state index is 10.7. The van der Waals surface area contributed by atoms with Crippen molar-refractivity contribution in [3.8, 4) is 0 Å². The molecule has 0 unspecified atom stereocenters. The van der Waals surface area contributed by atoms with E-state index in [9.17, 15) is 4.79 Å². The lowest BCUT2D eigenvalue weighted by Crippen LogP contribution is -2.27. The predicted molar refractivity (Wildman–Crippen MR) is 49.6 cm³/mol. The minimum Gasteiger partial charge on any atom is -0.466 e. The number of ether oxygens (including phenoxy) is 1. The van der Waals surface area contributed by atoms with Gasteiger partial charge < -0.3 is 19.2 Å². The molecule has 0 aromatic carbocycles. The summed E-state index contributed by atoms with van der Waals surface area (Å²) in [6.07, 6.45) is 2.55. The summed E-state index contributed by atoms with van der Waals surface area (Å²) < 4.78 is 9.31. The van der Waals surface area contributed by atoms with Gasteiger partial charge in [-0.1, -0.05) is 0 Å². The Labute approximate surface area is 80.8 Å². The molecular weight excluding hydrogens is 187 g/mol. The molecule has 0 aliphatic heterocycles. The van der Waals surface area contributed by atoms with Crippen LogP contribution < -0.4 is 5.66 Å². The zero-order valence-corrected chi connectivity index (χ0v) is 7.51. The van der Waals surface area contributed by atoms with Gasteiger partial charge >= 0.3 is 13.1 Å². The molecule has 0 saturated heterocycles. The van der Waals surface area contributed by atoms with E-state index < -0.39 is 13.1 Å². The molecule has 2 N–H and O–H groups in total. The minimum atomic E-state index is -1.64. The van der Waals surface area contributed by atoms with Crippen molar-refractivity contribution in [1.82, 2.24) is 0 Å². The van der Waals surface area contributed by atoms with Crippen molar-refractivity contribution in [2.24, 2.45) is 0 Å². The van der Waals surface area contributed by atoms with Crippen LogP contribution in [-0.2, 0) is 9.53 Å². The smallest absolute Gasteiger partial charge is 0.466 e. The van der Waals surface area contributed by atoms with Gasteiger partial charge in [-0.25, -0.2) is 4.79 Å². The Hall–Kier alpha value is -1.53. The summed E-state index contributed by atoms with van der Waals surface area (Å²) in [6, 6.07) is 2.91. The first-order chi connectivity index (χ1) is 6.63. The highest BCUT2D eigenvalue weighted by atomic mass is 16.5. The summed E-state index contributed by atoms with van der Waals surface area (Å²) in [5, 5.41) is 17.4. The first-order valence-corrected chi connectivity index (χ1v) is 3.85. The Morgan fingerprint density at radius 2 is 2.29 bits per heavy atom. The molecule has 0 saturated carbocycles. The van der Waals surface area contributed by atoms with Crippen LogP contribution in [0.3, 0.4) is 0 Å². The van der Waals surface area contributed by atoms with Gasteiger partial charge in [0.1, 0.15) is 11.4 Å². The predicted octanol–water partition coefficient (Wildman–Crippen LogP) is -0.854. The molecule has 1 aromatic rings. The van der Waals surface area contributed by atoms with Crippen LogP contribution in [0.2, 0.25) is 0 Å². The lowest BCUT2D eigenvalue weighted by Gasteiger charge is -1.91. The quantitative estimate of drug-likeness (QED) is 0.373. The molecule has 0 bridgehead atoms. The summed E-state index contributed by atoms with van der Waals surface area (Å²) in [5.74, 6) is -0.161. The average molecular weight is 196 g/mol. The van der Waals surface area contributed by atoms with Gasteiger partial charge in [0.05, 0.1) is 7.11 Å². The second kappa shape index (κ2) is 4.64. The summed E-state index contributed by atoms with van der Waals surface area (Å²) in [4.78, 5) is 10.7. The number of rotatable bonds is 3. The van der Waals surface area contributed by atoms with Crippen molar-refractivity contribution >= 4 is 24.8 Å². The molecule has 6 heteroatoms. The van der Waals surface area contributed by atoms with E-state index in [1.165, 1.54) is 31.4 Å². The van der Waals surface area contributed by atoms with Gasteiger partial charge in [0.2, 0.25) is 0 Å². The Morgan fingerprint density at radius 1 is 1.57 bits per heavy atom. The highest BCUT2D eigenvalue weighted by Gasteiger charge is 2.14. The highest BCUT2D eigenvalue weighted by molar-refractivity contribution is 6.57. The third kappa shape index (κ3) is 2.76. The molecule has 0 radical (unpaired) electrons. The van der Waals surface area contributed by atoms with Gasteiger partial charge in [0, 0.05) is 6.08 Å². The standard InChI is InChI=1S/C8H9BO5/c1-13-8(10)5-3-6-2-4-7(14-6)9(11)12/h2-5,11-12H,1H3. The largest absolute Gasteiger partial charge is 0.526 e. The summed E-state index contributed by atoms with van der Waals surface area (Å²) in [6.45, 7) is 0. The van der Waals surface area contributed by atoms with E-state index in [1.54, 1.807) is 0 Å². The van der Waals surface area contributed by atoms with E-state index in [4.69, 9.17) is 14.5 Å². The summed E-state index contributed by atoms with van der Waals surface area (Å²) >= 11 is 0. The molecule has 0 aliphatic carbocycles. The number of carbonyl (C=O) groups is 1. The Bertz CT molecular complexity index is 341. The number of carbonyl (C=O) groups excluding carboxylic acids is 1. The van der Waals surface area contributed by atoms with Gasteiger partial charge in [-0.3, -0.25) is 0 Å². The summed E-state index contributed by atoms with van der Waals surface area (Å²) in [7, 11) is -0.382. The Morgan fingerprint density at radius 3 is 2.79 bits per heavy atom. The third-order valence-electron chi connectivity index (χ3n) is 1.49. The normalized spacial score (nSPS) is 10.5. The molecule has 0 amide bonds. The van der Waals surface area contributed by atoms with Crippen LogP contribution in [0.15, 0.2) is 22.6 Å². The number of furan rings is 1. The molecule has 74 valence electrons. The van der Waals surface area contributed by atoms with Crippen molar-refractivity contribution in [3.05, 3.63) is 24.0 Å². The lowest BCUT2D eigenvalue weighted by atomic mass is 9.88. The first kappa shape index (κ1) is 10.6. The van der Waals surface area contributed by atoms with Gasteiger partial charge in [-0.15, -0.1) is 0 Å². The van der Waals surface area contributed by atoms with Gasteiger partial charge in [-0.2, -0.15) is 0 Å². The third-order valence-corrected chi connectivity index (χ3v) is 1.49. The monoisotopic (exact) mass is 196 g/mol. The zero-order chi connectivity index (χ0) is 10.6. The van der Waals surface area contributed by atoms with E-state index in [0.29, 0.717) is 5.76 Å². The Kier molecular flexibility index (Phi) is 3.50. The average Bonchev–Trinajstić information content (AvgIpc) is 2.62. The van der Waals surface area contributed by atoms with Gasteiger partial charge in [-0.05, 0) is 18.2 Å². The topological polar surface area (TPSA) is 79.9 Å². The molecule has 1 heterocycles. The SMILES string of the molecule is COC(=O)C=Cc1ccc(B(O)O)o1. The van der Waals surface area contributed by atoms with Crippen molar-refractivity contribution in [3.63, 3.8) is 0 Å². The fourth-order valence-corrected chi connectivity index (χ4v) is 0.815. The van der Waals surface area contributed by atoms with E-state index >= 15 is 0 Å². The van der Waals surface area contributed by atoms with Gasteiger partial charge in [0.25, 0.3) is 0 Å². The van der Waals surface area contributed by atoms with E-state index in [0.717, 1.165) is 0 Å². The maximum Gasteiger partial charge on any atom is 0.526 e. The van der Waals surface area contributed by atoms with Crippen LogP contribution in [0.25, 0.3) is 6.08 Å². The molecule has 0 atom stereocenters. The van der Waals surface area contributed by atoms with Crippen LogP contribution in [0, 0.1) is 0 Å². The van der Waals surface area contributed by atoms with Crippen LogP contribution in [0.4, 0.5) is 0 Å². The first-order valence-electron chi connectivity index (χ1n) is 3.85. The lowest BCUT2D eigenvalue weighted by molar-refractivity contribution is -0.134. The Balaban J connectivity index is 2.68. The highest BCUT2D eigenvalue weighted by Crippen LogP contribution is 2.01. The van der Waals surface area contributed by atoms with Crippen LogP contribution >= 0.6 is 0 Å². The molecule has 1 aromatic heterocycles. The number of hydrogen-bond donors (Lipinski definition) is 2. The number of methoxy groups -OCH3 is 1. The molecule has 5 nitrogen and oxygen atoms in total. The number of esters is 1. The molecule has 14 heavy (non-hydrogen) atoms. The van der Waals surface area contributed by atoms with Crippen molar-refractivity contribution in [2.75, 3.05) is 7.11 Å². The fraction of sp³-hybridized carbons (Fsp3) is 0.125.